The molecule has 2 nitrogen and oxygen atoms in total. The number of rotatable bonds is 3. The molecule has 24 heavy (non-hydrogen) atoms. The minimum absolute atomic E-state index is 0.657. The molecule has 0 fully saturated rings. The van der Waals surface area contributed by atoms with Gasteiger partial charge in [0.25, 0.3) is 0 Å². The maximum absolute atomic E-state index is 9.58. The molecule has 0 aliphatic rings. The third kappa shape index (κ3) is 3.20. The van der Waals surface area contributed by atoms with E-state index in [-0.39, 0.29) is 0 Å². The molecule has 0 aliphatic carbocycles. The summed E-state index contributed by atoms with van der Waals surface area (Å²) in [5, 5.41) is 9.58. The van der Waals surface area contributed by atoms with Crippen molar-refractivity contribution in [2.75, 3.05) is 0 Å². The van der Waals surface area contributed by atoms with Crippen LogP contribution in [0.1, 0.15) is 22.5 Å². The second-order valence-electron chi connectivity index (χ2n) is 5.68. The summed E-state index contributed by atoms with van der Waals surface area (Å²) in [6, 6.07) is 22.5. The Morgan fingerprint density at radius 2 is 1.79 bits per heavy atom. The second-order valence-corrected chi connectivity index (χ2v) is 6.59. The van der Waals surface area contributed by atoms with Gasteiger partial charge in [-0.25, -0.2) is 0 Å². The Labute approximate surface area is 150 Å². The molecular formula is C21H17BrN2. The highest BCUT2D eigenvalue weighted by Crippen LogP contribution is 2.26. The van der Waals surface area contributed by atoms with Crippen molar-refractivity contribution in [2.24, 2.45) is 0 Å². The van der Waals surface area contributed by atoms with E-state index < -0.39 is 0 Å². The van der Waals surface area contributed by atoms with Crippen LogP contribution in [0, 0.1) is 25.2 Å². The molecule has 0 atom stereocenters. The molecule has 3 heteroatoms. The van der Waals surface area contributed by atoms with E-state index in [1.165, 1.54) is 0 Å². The van der Waals surface area contributed by atoms with Gasteiger partial charge in [0.1, 0.15) is 0 Å². The van der Waals surface area contributed by atoms with Crippen molar-refractivity contribution in [1.82, 2.24) is 4.57 Å². The molecule has 0 amide bonds. The topological polar surface area (TPSA) is 28.7 Å². The fourth-order valence-corrected chi connectivity index (χ4v) is 3.30. The maximum Gasteiger partial charge on any atom is 0.0998 e. The molecule has 0 saturated carbocycles. The summed E-state index contributed by atoms with van der Waals surface area (Å²) in [6.07, 6.45) is 1.96. The lowest BCUT2D eigenvalue weighted by Gasteiger charge is -2.09. The monoisotopic (exact) mass is 376 g/mol. The number of halogens is 1. The minimum Gasteiger partial charge on any atom is -0.318 e. The number of para-hydroxylation sites is 1. The van der Waals surface area contributed by atoms with Crippen molar-refractivity contribution in [3.63, 3.8) is 0 Å². The molecule has 0 unspecified atom stereocenters. The number of nitriles is 1. The summed E-state index contributed by atoms with van der Waals surface area (Å²) in [6.45, 7) is 4.17. The molecule has 0 bridgehead atoms. The van der Waals surface area contributed by atoms with Gasteiger partial charge in [-0.05, 0) is 61.4 Å². The predicted molar refractivity (Wildman–Crippen MR) is 103 cm³/mol. The third-order valence-electron chi connectivity index (χ3n) is 4.04. The molecule has 0 saturated heterocycles. The van der Waals surface area contributed by atoms with Crippen LogP contribution >= 0.6 is 15.9 Å². The zero-order valence-corrected chi connectivity index (χ0v) is 15.2. The first-order chi connectivity index (χ1) is 11.6. The molecule has 0 radical (unpaired) electrons. The molecule has 3 aromatic rings. The first-order valence-electron chi connectivity index (χ1n) is 7.72. The van der Waals surface area contributed by atoms with E-state index in [1.807, 2.05) is 48.5 Å². The first kappa shape index (κ1) is 16.3. The Kier molecular flexibility index (Phi) is 4.69. The number of hydrogen-bond acceptors (Lipinski definition) is 1. The van der Waals surface area contributed by atoms with Gasteiger partial charge in [0, 0.05) is 21.5 Å². The highest BCUT2D eigenvalue weighted by molar-refractivity contribution is 9.10. The summed E-state index contributed by atoms with van der Waals surface area (Å²) in [5.41, 5.74) is 6.04. The largest absolute Gasteiger partial charge is 0.318 e. The molecule has 118 valence electrons. The van der Waals surface area contributed by atoms with Crippen LogP contribution in [0.25, 0.3) is 17.3 Å². The predicted octanol–water partition coefficient (Wildman–Crippen LogP) is 5.92. The Bertz CT molecular complexity index is 944. The van der Waals surface area contributed by atoms with Crippen LogP contribution in [-0.2, 0) is 0 Å². The van der Waals surface area contributed by atoms with Crippen LogP contribution in [0.5, 0.6) is 0 Å². The highest BCUT2D eigenvalue weighted by Gasteiger charge is 2.10. The van der Waals surface area contributed by atoms with Gasteiger partial charge in [0.2, 0.25) is 0 Å². The number of aromatic nitrogens is 1. The molecular weight excluding hydrogens is 360 g/mol. The molecule has 0 N–H and O–H groups in total. The Morgan fingerprint density at radius 1 is 1.04 bits per heavy atom. The summed E-state index contributed by atoms with van der Waals surface area (Å²) in [5.74, 6) is 0. The van der Waals surface area contributed by atoms with Crippen LogP contribution < -0.4 is 0 Å². The highest BCUT2D eigenvalue weighted by atomic mass is 79.9. The van der Waals surface area contributed by atoms with Crippen molar-refractivity contribution >= 4 is 27.6 Å². The summed E-state index contributed by atoms with van der Waals surface area (Å²) < 4.78 is 3.18. The van der Waals surface area contributed by atoms with Crippen LogP contribution in [-0.4, -0.2) is 4.57 Å². The van der Waals surface area contributed by atoms with E-state index in [2.05, 4.69) is 58.6 Å². The van der Waals surface area contributed by atoms with Gasteiger partial charge in [-0.2, -0.15) is 5.26 Å². The van der Waals surface area contributed by atoms with E-state index in [9.17, 15) is 5.26 Å². The molecule has 2 aromatic carbocycles. The fourth-order valence-electron chi connectivity index (χ4n) is 2.90. The number of aryl methyl sites for hydroxylation is 1. The second kappa shape index (κ2) is 6.90. The molecule has 0 aliphatic heterocycles. The quantitative estimate of drug-likeness (QED) is 0.521. The summed E-state index contributed by atoms with van der Waals surface area (Å²) in [4.78, 5) is 0. The van der Waals surface area contributed by atoms with Crippen LogP contribution in [0.4, 0.5) is 0 Å². The van der Waals surface area contributed by atoms with Gasteiger partial charge in [0.05, 0.1) is 11.6 Å². The Hall–Kier alpha value is -2.57. The van der Waals surface area contributed by atoms with E-state index in [4.69, 9.17) is 0 Å². The normalized spacial score (nSPS) is 11.3. The van der Waals surface area contributed by atoms with Crippen molar-refractivity contribution < 1.29 is 0 Å². The van der Waals surface area contributed by atoms with Crippen molar-refractivity contribution in [3.8, 4) is 11.8 Å². The third-order valence-corrected chi connectivity index (χ3v) is 4.53. The van der Waals surface area contributed by atoms with E-state index in [0.29, 0.717) is 5.57 Å². The number of allylic oxidation sites excluding steroid dienone is 1. The maximum atomic E-state index is 9.58. The van der Waals surface area contributed by atoms with E-state index in [1.54, 1.807) is 0 Å². The molecule has 0 spiro atoms. The average Bonchev–Trinajstić information content (AvgIpc) is 2.87. The average molecular weight is 377 g/mol. The molecule has 1 heterocycles. The van der Waals surface area contributed by atoms with E-state index >= 15 is 0 Å². The molecule has 3 rings (SSSR count). The van der Waals surface area contributed by atoms with Gasteiger partial charge >= 0.3 is 0 Å². The number of hydrogen-bond donors (Lipinski definition) is 0. The Morgan fingerprint density at radius 3 is 2.46 bits per heavy atom. The van der Waals surface area contributed by atoms with Crippen LogP contribution in [0.15, 0.2) is 65.1 Å². The lowest BCUT2D eigenvalue weighted by molar-refractivity contribution is 0.964. The van der Waals surface area contributed by atoms with Crippen LogP contribution in [0.2, 0.25) is 0 Å². The van der Waals surface area contributed by atoms with Gasteiger partial charge in [-0.15, -0.1) is 0 Å². The van der Waals surface area contributed by atoms with E-state index in [0.717, 1.165) is 32.7 Å². The standard InChI is InChI=1S/C21H17BrN2/c1-15-11-18(16(2)24(15)21-9-4-3-5-10-21)12-19(14-23)17-7-6-8-20(22)13-17/h3-13H,1-2H3/b19-12-. The summed E-state index contributed by atoms with van der Waals surface area (Å²) in [7, 11) is 0. The number of nitrogens with zero attached hydrogens (tertiary/aromatic N) is 2. The Balaban J connectivity index is 2.09. The number of benzene rings is 2. The SMILES string of the molecule is Cc1cc(/C=C(/C#N)c2cccc(Br)c2)c(C)n1-c1ccccc1. The minimum atomic E-state index is 0.657. The van der Waals surface area contributed by atoms with Gasteiger partial charge < -0.3 is 4.57 Å². The molecule has 1 aromatic heterocycles. The smallest absolute Gasteiger partial charge is 0.0998 e. The lowest BCUT2D eigenvalue weighted by Crippen LogP contribution is -1.98. The van der Waals surface area contributed by atoms with Gasteiger partial charge in [-0.3, -0.25) is 0 Å². The van der Waals surface area contributed by atoms with Crippen molar-refractivity contribution in [3.05, 3.63) is 87.7 Å². The van der Waals surface area contributed by atoms with Crippen molar-refractivity contribution in [2.45, 2.75) is 13.8 Å². The lowest BCUT2D eigenvalue weighted by atomic mass is 10.0. The summed E-state index contributed by atoms with van der Waals surface area (Å²) >= 11 is 3.47. The van der Waals surface area contributed by atoms with Crippen molar-refractivity contribution in [1.29, 1.82) is 5.26 Å². The van der Waals surface area contributed by atoms with Crippen LogP contribution in [0.3, 0.4) is 0 Å². The zero-order valence-electron chi connectivity index (χ0n) is 13.6. The van der Waals surface area contributed by atoms with Gasteiger partial charge in [0.15, 0.2) is 0 Å². The fraction of sp³-hybridized carbons (Fsp3) is 0.0952. The zero-order chi connectivity index (χ0) is 17.1. The first-order valence-corrected chi connectivity index (χ1v) is 8.51. The van der Waals surface area contributed by atoms with Gasteiger partial charge in [-0.1, -0.05) is 46.3 Å².